The summed E-state index contributed by atoms with van der Waals surface area (Å²) in [4.78, 5) is 48.0. The third kappa shape index (κ3) is 3.86. The maximum absolute atomic E-state index is 12.4. The minimum Gasteiger partial charge on any atom is -0.493 e. The Balaban J connectivity index is 1.66. The summed E-state index contributed by atoms with van der Waals surface area (Å²) in [5.41, 5.74) is 0.379. The number of nitro benzene ring substituents is 1. The highest BCUT2D eigenvalue weighted by molar-refractivity contribution is 6.22. The molecule has 3 amide bonds. The number of hydrogen-bond acceptors (Lipinski definition) is 7. The first kappa shape index (κ1) is 19.8. The molecule has 1 N–H and O–H groups in total. The van der Waals surface area contributed by atoms with Gasteiger partial charge in [-0.25, -0.2) is 0 Å². The lowest BCUT2D eigenvalue weighted by atomic mass is 10.1. The largest absolute Gasteiger partial charge is 0.493 e. The third-order valence-electron chi connectivity index (χ3n) is 4.40. The van der Waals surface area contributed by atoms with E-state index in [0.29, 0.717) is 11.5 Å². The first-order chi connectivity index (χ1) is 13.8. The van der Waals surface area contributed by atoms with Gasteiger partial charge in [-0.05, 0) is 23.8 Å². The van der Waals surface area contributed by atoms with Crippen molar-refractivity contribution in [3.8, 4) is 11.5 Å². The number of carbonyl (C=O) groups excluding carboxylic acids is 3. The average molecular weight is 399 g/mol. The molecule has 1 aliphatic heterocycles. The molecule has 0 atom stereocenters. The van der Waals surface area contributed by atoms with Gasteiger partial charge in [0.15, 0.2) is 11.5 Å². The van der Waals surface area contributed by atoms with Crippen molar-refractivity contribution in [2.45, 2.75) is 6.54 Å². The standard InChI is InChI=1S/C19H17N3O7/c1-28-15-6-3-11(7-16(15)29-2)9-20-17(23)10-21-18(24)13-5-4-12(22(26)27)8-14(13)19(21)25/h3-8H,9-10H2,1-2H3,(H,20,23). The smallest absolute Gasteiger partial charge is 0.270 e. The van der Waals surface area contributed by atoms with E-state index in [2.05, 4.69) is 5.32 Å². The van der Waals surface area contributed by atoms with Crippen molar-refractivity contribution in [2.75, 3.05) is 20.8 Å². The molecule has 0 saturated carbocycles. The molecule has 0 aromatic heterocycles. The molecule has 2 aromatic rings. The first-order valence-corrected chi connectivity index (χ1v) is 8.48. The second-order valence-corrected chi connectivity index (χ2v) is 6.15. The van der Waals surface area contributed by atoms with Gasteiger partial charge in [-0.3, -0.25) is 29.4 Å². The van der Waals surface area contributed by atoms with Crippen LogP contribution < -0.4 is 14.8 Å². The molecule has 1 heterocycles. The molecule has 0 fully saturated rings. The van der Waals surface area contributed by atoms with E-state index in [1.165, 1.54) is 20.3 Å². The Kier molecular flexibility index (Phi) is 5.44. The summed E-state index contributed by atoms with van der Waals surface area (Å²) in [6, 6.07) is 8.53. The molecule has 0 aliphatic carbocycles. The summed E-state index contributed by atoms with van der Waals surface area (Å²) >= 11 is 0. The van der Waals surface area contributed by atoms with Gasteiger partial charge in [0.1, 0.15) is 6.54 Å². The van der Waals surface area contributed by atoms with Crippen LogP contribution >= 0.6 is 0 Å². The zero-order valence-electron chi connectivity index (χ0n) is 15.6. The highest BCUT2D eigenvalue weighted by atomic mass is 16.6. The number of nitrogens with zero attached hydrogens (tertiary/aromatic N) is 2. The van der Waals surface area contributed by atoms with E-state index >= 15 is 0 Å². The summed E-state index contributed by atoms with van der Waals surface area (Å²) in [7, 11) is 3.00. The number of nitro groups is 1. The van der Waals surface area contributed by atoms with Gasteiger partial charge >= 0.3 is 0 Å². The van der Waals surface area contributed by atoms with Gasteiger partial charge in [-0.15, -0.1) is 0 Å². The Labute approximate surface area is 165 Å². The fourth-order valence-electron chi connectivity index (χ4n) is 2.93. The minimum atomic E-state index is -0.741. The van der Waals surface area contributed by atoms with Crippen molar-refractivity contribution in [1.82, 2.24) is 10.2 Å². The Morgan fingerprint density at radius 3 is 2.38 bits per heavy atom. The van der Waals surface area contributed by atoms with Crippen LogP contribution in [-0.2, 0) is 11.3 Å². The number of carbonyl (C=O) groups is 3. The summed E-state index contributed by atoms with van der Waals surface area (Å²) in [6.07, 6.45) is 0. The monoisotopic (exact) mass is 399 g/mol. The summed E-state index contributed by atoms with van der Waals surface area (Å²) < 4.78 is 10.3. The van der Waals surface area contributed by atoms with Crippen molar-refractivity contribution in [2.24, 2.45) is 0 Å². The quantitative estimate of drug-likeness (QED) is 0.425. The van der Waals surface area contributed by atoms with Crippen LogP contribution in [0.25, 0.3) is 0 Å². The lowest BCUT2D eigenvalue weighted by Crippen LogP contribution is -2.40. The van der Waals surface area contributed by atoms with Crippen molar-refractivity contribution in [1.29, 1.82) is 0 Å². The molecule has 0 bridgehead atoms. The molecule has 2 aromatic carbocycles. The molecule has 10 heteroatoms. The van der Waals surface area contributed by atoms with Crippen molar-refractivity contribution in [3.05, 3.63) is 63.2 Å². The van der Waals surface area contributed by atoms with Gasteiger partial charge in [0.2, 0.25) is 5.91 Å². The van der Waals surface area contributed by atoms with Crippen molar-refractivity contribution in [3.63, 3.8) is 0 Å². The topological polar surface area (TPSA) is 128 Å². The fraction of sp³-hybridized carbons (Fsp3) is 0.211. The molecular formula is C19H17N3O7. The lowest BCUT2D eigenvalue weighted by molar-refractivity contribution is -0.384. The van der Waals surface area contributed by atoms with Crippen LogP contribution in [-0.4, -0.2) is 48.3 Å². The van der Waals surface area contributed by atoms with E-state index in [0.717, 1.165) is 22.6 Å². The summed E-state index contributed by atoms with van der Waals surface area (Å²) in [6.45, 7) is -0.346. The SMILES string of the molecule is COc1ccc(CNC(=O)CN2C(=O)c3ccc([N+](=O)[O-])cc3C2=O)cc1OC. The van der Waals surface area contributed by atoms with E-state index < -0.39 is 29.2 Å². The van der Waals surface area contributed by atoms with Crippen LogP contribution in [0.15, 0.2) is 36.4 Å². The van der Waals surface area contributed by atoms with Crippen molar-refractivity contribution >= 4 is 23.4 Å². The molecular weight excluding hydrogens is 382 g/mol. The number of non-ortho nitro benzene ring substituents is 1. The van der Waals surface area contributed by atoms with E-state index in [-0.39, 0.29) is 23.4 Å². The van der Waals surface area contributed by atoms with Crippen LogP contribution in [0.5, 0.6) is 11.5 Å². The van der Waals surface area contributed by atoms with Crippen LogP contribution in [0.3, 0.4) is 0 Å². The Hall–Kier alpha value is -3.95. The molecule has 0 spiro atoms. The predicted molar refractivity (Wildman–Crippen MR) is 99.9 cm³/mol. The Bertz CT molecular complexity index is 1020. The number of rotatable bonds is 7. The average Bonchev–Trinajstić information content (AvgIpc) is 2.96. The number of fused-ring (bicyclic) bond motifs is 1. The second kappa shape index (κ2) is 7.97. The molecule has 10 nitrogen and oxygen atoms in total. The fourth-order valence-corrected chi connectivity index (χ4v) is 2.93. The molecule has 150 valence electrons. The summed E-state index contributed by atoms with van der Waals surface area (Å²) in [5.74, 6) is -0.913. The number of imide groups is 1. The van der Waals surface area contributed by atoms with Gasteiger partial charge in [-0.1, -0.05) is 6.07 Å². The number of nitrogens with one attached hydrogen (secondary N) is 1. The normalized spacial score (nSPS) is 12.6. The molecule has 3 rings (SSSR count). The highest BCUT2D eigenvalue weighted by Crippen LogP contribution is 2.28. The lowest BCUT2D eigenvalue weighted by Gasteiger charge is -2.14. The van der Waals surface area contributed by atoms with Crippen molar-refractivity contribution < 1.29 is 28.8 Å². The minimum absolute atomic E-state index is 0.0355. The number of ether oxygens (including phenoxy) is 2. The zero-order valence-corrected chi connectivity index (χ0v) is 15.6. The molecule has 29 heavy (non-hydrogen) atoms. The van der Waals surface area contributed by atoms with Crippen LogP contribution in [0.1, 0.15) is 26.3 Å². The Morgan fingerprint density at radius 1 is 1.03 bits per heavy atom. The van der Waals surface area contributed by atoms with Gasteiger partial charge < -0.3 is 14.8 Å². The number of amides is 3. The van der Waals surface area contributed by atoms with Crippen LogP contribution in [0, 0.1) is 10.1 Å². The van der Waals surface area contributed by atoms with E-state index in [9.17, 15) is 24.5 Å². The summed E-state index contributed by atoms with van der Waals surface area (Å²) in [5, 5.41) is 13.5. The predicted octanol–water partition coefficient (Wildman–Crippen LogP) is 1.52. The van der Waals surface area contributed by atoms with E-state index in [1.54, 1.807) is 18.2 Å². The first-order valence-electron chi connectivity index (χ1n) is 8.48. The molecule has 0 unspecified atom stereocenters. The van der Waals surface area contributed by atoms with Gasteiger partial charge in [0, 0.05) is 18.7 Å². The van der Waals surface area contributed by atoms with E-state index in [4.69, 9.17) is 9.47 Å². The maximum atomic E-state index is 12.4. The third-order valence-corrected chi connectivity index (χ3v) is 4.40. The number of benzene rings is 2. The molecule has 1 aliphatic rings. The van der Waals surface area contributed by atoms with Gasteiger partial charge in [0.05, 0.1) is 30.3 Å². The van der Waals surface area contributed by atoms with Gasteiger partial charge in [0.25, 0.3) is 17.5 Å². The van der Waals surface area contributed by atoms with E-state index in [1.807, 2.05) is 0 Å². The Morgan fingerprint density at radius 2 is 1.72 bits per heavy atom. The number of hydrogen-bond donors (Lipinski definition) is 1. The molecule has 0 radical (unpaired) electrons. The van der Waals surface area contributed by atoms with Crippen LogP contribution in [0.2, 0.25) is 0 Å². The zero-order chi connectivity index (χ0) is 21.1. The molecule has 0 saturated heterocycles. The highest BCUT2D eigenvalue weighted by Gasteiger charge is 2.37. The van der Waals surface area contributed by atoms with Crippen LogP contribution in [0.4, 0.5) is 5.69 Å². The number of methoxy groups -OCH3 is 2. The maximum Gasteiger partial charge on any atom is 0.270 e. The second-order valence-electron chi connectivity index (χ2n) is 6.15. The van der Waals surface area contributed by atoms with Gasteiger partial charge in [-0.2, -0.15) is 0 Å².